The Balaban J connectivity index is 1.28. The van der Waals surface area contributed by atoms with Crippen molar-refractivity contribution in [1.82, 2.24) is 9.97 Å². The van der Waals surface area contributed by atoms with Crippen LogP contribution in [0.15, 0.2) is 156 Å². The standard InChI is InChI=1S/C40H25BrN2/c41-32-21-18-28(19-22-32)39-36-23-20-30(26-8-2-1-3-9-26)25-38(36)42-40(43-39)29-16-14-27(15-17-29)37-24-31-10-4-5-11-33(31)34-12-6-7-13-35(34)37/h1-25H. The summed E-state index contributed by atoms with van der Waals surface area (Å²) in [6.07, 6.45) is 0. The Kier molecular flexibility index (Phi) is 6.31. The van der Waals surface area contributed by atoms with Gasteiger partial charge in [-0.25, -0.2) is 9.97 Å². The predicted molar refractivity (Wildman–Crippen MR) is 184 cm³/mol. The van der Waals surface area contributed by atoms with Gasteiger partial charge in [-0.05, 0) is 74.1 Å². The fraction of sp³-hybridized carbons (Fsp3) is 0. The van der Waals surface area contributed by atoms with Gasteiger partial charge in [0.15, 0.2) is 5.82 Å². The van der Waals surface area contributed by atoms with E-state index >= 15 is 0 Å². The van der Waals surface area contributed by atoms with Crippen molar-refractivity contribution >= 4 is 48.4 Å². The van der Waals surface area contributed by atoms with Crippen LogP contribution in [0.3, 0.4) is 0 Å². The summed E-state index contributed by atoms with van der Waals surface area (Å²) in [5.41, 5.74) is 8.60. The molecule has 8 aromatic rings. The smallest absolute Gasteiger partial charge is 0.160 e. The van der Waals surface area contributed by atoms with Gasteiger partial charge < -0.3 is 0 Å². The zero-order valence-corrected chi connectivity index (χ0v) is 24.8. The lowest BCUT2D eigenvalue weighted by Crippen LogP contribution is -1.96. The molecule has 0 radical (unpaired) electrons. The molecule has 1 heterocycles. The van der Waals surface area contributed by atoms with E-state index in [0.717, 1.165) is 37.8 Å². The first-order chi connectivity index (χ1) is 21.2. The fourth-order valence-electron chi connectivity index (χ4n) is 5.99. The van der Waals surface area contributed by atoms with Gasteiger partial charge >= 0.3 is 0 Å². The zero-order chi connectivity index (χ0) is 28.8. The maximum atomic E-state index is 5.14. The molecule has 43 heavy (non-hydrogen) atoms. The Labute approximate surface area is 258 Å². The summed E-state index contributed by atoms with van der Waals surface area (Å²) in [5.74, 6) is 0.713. The summed E-state index contributed by atoms with van der Waals surface area (Å²) in [5, 5.41) is 6.07. The van der Waals surface area contributed by atoms with Gasteiger partial charge in [0.05, 0.1) is 11.2 Å². The van der Waals surface area contributed by atoms with Gasteiger partial charge in [-0.2, -0.15) is 0 Å². The minimum Gasteiger partial charge on any atom is -0.228 e. The number of fused-ring (bicyclic) bond motifs is 4. The summed E-state index contributed by atoms with van der Waals surface area (Å²) in [6.45, 7) is 0. The first kappa shape index (κ1) is 25.6. The SMILES string of the molecule is Brc1ccc(-c2nc(-c3ccc(-c4cc5ccccc5c5ccccc45)cc3)nc3cc(-c4ccccc4)ccc23)cc1. The van der Waals surface area contributed by atoms with Crippen molar-refractivity contribution in [2.24, 2.45) is 0 Å². The van der Waals surface area contributed by atoms with Crippen molar-refractivity contribution in [3.8, 4) is 44.9 Å². The summed E-state index contributed by atoms with van der Waals surface area (Å²) >= 11 is 3.58. The molecule has 8 rings (SSSR count). The topological polar surface area (TPSA) is 25.8 Å². The highest BCUT2D eigenvalue weighted by molar-refractivity contribution is 9.10. The van der Waals surface area contributed by atoms with Gasteiger partial charge in [0.25, 0.3) is 0 Å². The monoisotopic (exact) mass is 612 g/mol. The Hall–Kier alpha value is -5.12. The van der Waals surface area contributed by atoms with Crippen LogP contribution < -0.4 is 0 Å². The summed E-state index contributed by atoms with van der Waals surface area (Å²) in [6, 6.07) is 53.5. The van der Waals surface area contributed by atoms with E-state index in [-0.39, 0.29) is 0 Å². The third kappa shape index (κ3) is 4.68. The number of nitrogens with zero attached hydrogens (tertiary/aromatic N) is 2. The van der Waals surface area contributed by atoms with Crippen LogP contribution in [0.25, 0.3) is 77.3 Å². The maximum Gasteiger partial charge on any atom is 0.160 e. The molecule has 7 aromatic carbocycles. The molecule has 0 N–H and O–H groups in total. The average molecular weight is 614 g/mol. The lowest BCUT2D eigenvalue weighted by molar-refractivity contribution is 1.23. The fourth-order valence-corrected chi connectivity index (χ4v) is 6.25. The van der Waals surface area contributed by atoms with Crippen molar-refractivity contribution < 1.29 is 0 Å². The molecule has 0 aliphatic rings. The van der Waals surface area contributed by atoms with Crippen LogP contribution in [0.4, 0.5) is 0 Å². The molecule has 0 fully saturated rings. The van der Waals surface area contributed by atoms with Crippen LogP contribution in [-0.2, 0) is 0 Å². The maximum absolute atomic E-state index is 5.14. The first-order valence-electron chi connectivity index (χ1n) is 14.4. The van der Waals surface area contributed by atoms with Crippen molar-refractivity contribution in [2.75, 3.05) is 0 Å². The van der Waals surface area contributed by atoms with E-state index < -0.39 is 0 Å². The lowest BCUT2D eigenvalue weighted by Gasteiger charge is -2.13. The molecule has 0 spiro atoms. The molecule has 0 atom stereocenters. The van der Waals surface area contributed by atoms with E-state index in [1.807, 2.05) is 6.07 Å². The number of halogens is 1. The van der Waals surface area contributed by atoms with Crippen LogP contribution in [0.1, 0.15) is 0 Å². The molecular formula is C40H25BrN2. The van der Waals surface area contributed by atoms with E-state index in [9.17, 15) is 0 Å². The van der Waals surface area contributed by atoms with Crippen LogP contribution in [-0.4, -0.2) is 9.97 Å². The van der Waals surface area contributed by atoms with Crippen LogP contribution >= 0.6 is 15.9 Å². The van der Waals surface area contributed by atoms with E-state index in [0.29, 0.717) is 5.82 Å². The predicted octanol–water partition coefficient (Wildman–Crippen LogP) is 11.4. The average Bonchev–Trinajstić information content (AvgIpc) is 3.08. The molecule has 0 unspecified atom stereocenters. The molecule has 0 saturated carbocycles. The number of benzene rings is 7. The molecule has 3 heteroatoms. The third-order valence-corrected chi connectivity index (χ3v) is 8.67. The van der Waals surface area contributed by atoms with Gasteiger partial charge in [-0.3, -0.25) is 0 Å². The third-order valence-electron chi connectivity index (χ3n) is 8.14. The van der Waals surface area contributed by atoms with Crippen LogP contribution in [0.2, 0.25) is 0 Å². The zero-order valence-electron chi connectivity index (χ0n) is 23.2. The number of hydrogen-bond acceptors (Lipinski definition) is 2. The number of aromatic nitrogens is 2. The van der Waals surface area contributed by atoms with Gasteiger partial charge in [0, 0.05) is 21.0 Å². The normalized spacial score (nSPS) is 11.4. The summed E-state index contributed by atoms with van der Waals surface area (Å²) < 4.78 is 1.04. The van der Waals surface area contributed by atoms with E-state index in [1.54, 1.807) is 0 Å². The first-order valence-corrected chi connectivity index (χ1v) is 15.1. The number of rotatable bonds is 4. The van der Waals surface area contributed by atoms with E-state index in [1.165, 1.54) is 38.2 Å². The number of hydrogen-bond donors (Lipinski definition) is 0. The Morgan fingerprint density at radius 1 is 0.395 bits per heavy atom. The second-order valence-corrected chi connectivity index (χ2v) is 11.7. The molecule has 2 nitrogen and oxygen atoms in total. The molecular weight excluding hydrogens is 588 g/mol. The van der Waals surface area contributed by atoms with Crippen molar-refractivity contribution in [1.29, 1.82) is 0 Å². The van der Waals surface area contributed by atoms with Gasteiger partial charge in [0.1, 0.15) is 0 Å². The van der Waals surface area contributed by atoms with Gasteiger partial charge in [0.2, 0.25) is 0 Å². The second-order valence-electron chi connectivity index (χ2n) is 10.8. The van der Waals surface area contributed by atoms with E-state index in [2.05, 4.69) is 162 Å². The quantitative estimate of drug-likeness (QED) is 0.185. The minimum absolute atomic E-state index is 0.713. The molecule has 0 saturated heterocycles. The van der Waals surface area contributed by atoms with Crippen LogP contribution in [0.5, 0.6) is 0 Å². The molecule has 1 aromatic heterocycles. The highest BCUT2D eigenvalue weighted by Gasteiger charge is 2.14. The van der Waals surface area contributed by atoms with E-state index in [4.69, 9.17) is 9.97 Å². The van der Waals surface area contributed by atoms with Gasteiger partial charge in [-0.1, -0.05) is 137 Å². The van der Waals surface area contributed by atoms with Crippen molar-refractivity contribution in [3.63, 3.8) is 0 Å². The Morgan fingerprint density at radius 3 is 1.81 bits per heavy atom. The van der Waals surface area contributed by atoms with Gasteiger partial charge in [-0.15, -0.1) is 0 Å². The van der Waals surface area contributed by atoms with Crippen molar-refractivity contribution in [2.45, 2.75) is 0 Å². The largest absolute Gasteiger partial charge is 0.228 e. The highest BCUT2D eigenvalue weighted by atomic mass is 79.9. The van der Waals surface area contributed by atoms with Crippen LogP contribution in [0, 0.1) is 0 Å². The minimum atomic E-state index is 0.713. The molecule has 0 amide bonds. The molecule has 202 valence electrons. The second kappa shape index (κ2) is 10.6. The Morgan fingerprint density at radius 2 is 1.02 bits per heavy atom. The Bertz CT molecular complexity index is 2270. The molecule has 0 aliphatic heterocycles. The highest BCUT2D eigenvalue weighted by Crippen LogP contribution is 2.37. The van der Waals surface area contributed by atoms with Crippen molar-refractivity contribution in [3.05, 3.63) is 156 Å². The molecule has 0 aliphatic carbocycles. The molecule has 0 bridgehead atoms. The summed E-state index contributed by atoms with van der Waals surface area (Å²) in [4.78, 5) is 10.2. The lowest BCUT2D eigenvalue weighted by atomic mass is 9.93. The summed E-state index contributed by atoms with van der Waals surface area (Å²) in [7, 11) is 0.